The van der Waals surface area contributed by atoms with Crippen molar-refractivity contribution in [2.24, 2.45) is 0 Å². The molecule has 2 heterocycles. The molecule has 0 saturated heterocycles. The predicted octanol–water partition coefficient (Wildman–Crippen LogP) is 2.14. The second kappa shape index (κ2) is 4.62. The minimum Gasteiger partial charge on any atom is -0.368 e. The summed E-state index contributed by atoms with van der Waals surface area (Å²) >= 11 is 1.52. The summed E-state index contributed by atoms with van der Waals surface area (Å²) in [5.41, 5.74) is 6.35. The maximum atomic E-state index is 13.4. The summed E-state index contributed by atoms with van der Waals surface area (Å²) in [4.78, 5) is 11.7. The quantitative estimate of drug-likeness (QED) is 0.876. The van der Waals surface area contributed by atoms with Gasteiger partial charge in [0, 0.05) is 11.1 Å². The maximum absolute atomic E-state index is 13.4. The second-order valence-electron chi connectivity index (χ2n) is 3.62. The molecular formula is C10H12FN5S. The van der Waals surface area contributed by atoms with Crippen molar-refractivity contribution >= 4 is 23.1 Å². The standard InChI is InChI=1S/C10H12FN5S/c1-5-4-17-9(14-5)6(2)15-8-7(11)3-13-10(12)16-8/h3-4,6H,1-2H3,(H3,12,13,15,16). The Morgan fingerprint density at radius 3 is 2.88 bits per heavy atom. The summed E-state index contributed by atoms with van der Waals surface area (Å²) in [7, 11) is 0. The van der Waals surface area contributed by atoms with E-state index in [4.69, 9.17) is 5.73 Å². The molecule has 0 radical (unpaired) electrons. The SMILES string of the molecule is Cc1csc(C(C)Nc2nc(N)ncc2F)n1. The number of rotatable bonds is 3. The van der Waals surface area contributed by atoms with Crippen LogP contribution < -0.4 is 11.1 Å². The Morgan fingerprint density at radius 2 is 2.24 bits per heavy atom. The number of hydrogen-bond acceptors (Lipinski definition) is 6. The van der Waals surface area contributed by atoms with Gasteiger partial charge in [0.05, 0.1) is 12.2 Å². The van der Waals surface area contributed by atoms with Crippen molar-refractivity contribution in [2.75, 3.05) is 11.1 Å². The lowest BCUT2D eigenvalue weighted by Crippen LogP contribution is -2.11. The third-order valence-corrected chi connectivity index (χ3v) is 3.27. The summed E-state index contributed by atoms with van der Waals surface area (Å²) < 4.78 is 13.4. The van der Waals surface area contributed by atoms with Crippen molar-refractivity contribution in [3.63, 3.8) is 0 Å². The Morgan fingerprint density at radius 1 is 1.47 bits per heavy atom. The summed E-state index contributed by atoms with van der Waals surface area (Å²) in [6, 6.07) is -0.127. The summed E-state index contributed by atoms with van der Waals surface area (Å²) in [6.45, 7) is 3.80. The van der Waals surface area contributed by atoms with Gasteiger partial charge in [-0.05, 0) is 13.8 Å². The van der Waals surface area contributed by atoms with E-state index in [9.17, 15) is 4.39 Å². The van der Waals surface area contributed by atoms with Gasteiger partial charge < -0.3 is 11.1 Å². The molecule has 0 amide bonds. The summed E-state index contributed by atoms with van der Waals surface area (Å²) in [5, 5.41) is 5.74. The number of aromatic nitrogens is 3. The Balaban J connectivity index is 2.18. The number of aryl methyl sites for hydroxylation is 1. The van der Waals surface area contributed by atoms with Crippen LogP contribution in [0.1, 0.15) is 23.7 Å². The van der Waals surface area contributed by atoms with E-state index in [0.717, 1.165) is 16.9 Å². The molecule has 2 rings (SSSR count). The van der Waals surface area contributed by atoms with E-state index in [1.165, 1.54) is 11.3 Å². The van der Waals surface area contributed by atoms with Gasteiger partial charge in [-0.2, -0.15) is 4.98 Å². The highest BCUT2D eigenvalue weighted by Crippen LogP contribution is 2.22. The smallest absolute Gasteiger partial charge is 0.222 e. The molecule has 2 aromatic heterocycles. The first-order valence-electron chi connectivity index (χ1n) is 5.03. The number of nitrogens with two attached hydrogens (primary N) is 1. The monoisotopic (exact) mass is 253 g/mol. The zero-order valence-corrected chi connectivity index (χ0v) is 10.3. The van der Waals surface area contributed by atoms with E-state index < -0.39 is 5.82 Å². The minimum absolute atomic E-state index is 0.0384. The number of nitrogens with zero attached hydrogens (tertiary/aromatic N) is 3. The molecular weight excluding hydrogens is 241 g/mol. The highest BCUT2D eigenvalue weighted by Gasteiger charge is 2.13. The first-order chi connectivity index (χ1) is 8.06. The van der Waals surface area contributed by atoms with E-state index in [2.05, 4.69) is 20.3 Å². The zero-order valence-electron chi connectivity index (χ0n) is 9.44. The first kappa shape index (κ1) is 11.7. The highest BCUT2D eigenvalue weighted by atomic mass is 32.1. The van der Waals surface area contributed by atoms with Crippen LogP contribution in [0.5, 0.6) is 0 Å². The molecule has 0 aliphatic carbocycles. The third-order valence-electron chi connectivity index (χ3n) is 2.12. The van der Waals surface area contributed by atoms with E-state index in [1.807, 2.05) is 19.2 Å². The van der Waals surface area contributed by atoms with Crippen LogP contribution in [0.2, 0.25) is 0 Å². The number of thiazole rings is 1. The van der Waals surface area contributed by atoms with E-state index in [0.29, 0.717) is 0 Å². The molecule has 0 aliphatic heterocycles. The molecule has 90 valence electrons. The normalized spacial score (nSPS) is 12.4. The molecule has 0 bridgehead atoms. The molecule has 7 heteroatoms. The van der Waals surface area contributed by atoms with Crippen LogP contribution in [0.15, 0.2) is 11.6 Å². The van der Waals surface area contributed by atoms with Crippen LogP contribution in [-0.4, -0.2) is 15.0 Å². The Hall–Kier alpha value is -1.76. The molecule has 0 saturated carbocycles. The number of halogens is 1. The van der Waals surface area contributed by atoms with Crippen LogP contribution in [-0.2, 0) is 0 Å². The molecule has 1 atom stereocenters. The van der Waals surface area contributed by atoms with Crippen LogP contribution in [0.3, 0.4) is 0 Å². The number of nitrogens with one attached hydrogen (secondary N) is 1. The number of hydrogen-bond donors (Lipinski definition) is 2. The first-order valence-corrected chi connectivity index (χ1v) is 5.91. The van der Waals surface area contributed by atoms with Crippen molar-refractivity contribution in [2.45, 2.75) is 19.9 Å². The average Bonchev–Trinajstić information content (AvgIpc) is 2.70. The molecule has 17 heavy (non-hydrogen) atoms. The molecule has 0 aliphatic rings. The van der Waals surface area contributed by atoms with Gasteiger partial charge in [0.25, 0.3) is 0 Å². The molecule has 2 aromatic rings. The highest BCUT2D eigenvalue weighted by molar-refractivity contribution is 7.09. The fraction of sp³-hybridized carbons (Fsp3) is 0.300. The Bertz CT molecular complexity index is 527. The Kier molecular flexibility index (Phi) is 3.19. The number of anilines is 2. The molecule has 5 nitrogen and oxygen atoms in total. The van der Waals surface area contributed by atoms with Gasteiger partial charge in [-0.15, -0.1) is 11.3 Å². The van der Waals surface area contributed by atoms with Crippen LogP contribution in [0.4, 0.5) is 16.2 Å². The van der Waals surface area contributed by atoms with Gasteiger partial charge in [-0.25, -0.2) is 14.4 Å². The third kappa shape index (κ3) is 2.68. The van der Waals surface area contributed by atoms with Crippen molar-refractivity contribution in [1.29, 1.82) is 0 Å². The van der Waals surface area contributed by atoms with Gasteiger partial charge in [0.2, 0.25) is 5.95 Å². The molecule has 1 unspecified atom stereocenters. The fourth-order valence-corrected chi connectivity index (χ4v) is 2.12. The van der Waals surface area contributed by atoms with Crippen molar-refractivity contribution in [1.82, 2.24) is 15.0 Å². The van der Waals surface area contributed by atoms with Crippen molar-refractivity contribution in [3.8, 4) is 0 Å². The van der Waals surface area contributed by atoms with E-state index in [-0.39, 0.29) is 17.8 Å². The van der Waals surface area contributed by atoms with Gasteiger partial charge >= 0.3 is 0 Å². The van der Waals surface area contributed by atoms with Gasteiger partial charge in [0.1, 0.15) is 5.01 Å². The van der Waals surface area contributed by atoms with Gasteiger partial charge in [-0.3, -0.25) is 0 Å². The topological polar surface area (TPSA) is 76.7 Å². The van der Waals surface area contributed by atoms with Crippen LogP contribution >= 0.6 is 11.3 Å². The van der Waals surface area contributed by atoms with E-state index >= 15 is 0 Å². The van der Waals surface area contributed by atoms with Crippen molar-refractivity contribution < 1.29 is 4.39 Å². The van der Waals surface area contributed by atoms with Crippen LogP contribution in [0.25, 0.3) is 0 Å². The molecule has 3 N–H and O–H groups in total. The average molecular weight is 253 g/mol. The van der Waals surface area contributed by atoms with Crippen molar-refractivity contribution in [3.05, 3.63) is 28.1 Å². The Labute approximate surface area is 102 Å². The second-order valence-corrected chi connectivity index (χ2v) is 4.51. The van der Waals surface area contributed by atoms with Crippen LogP contribution in [0, 0.1) is 12.7 Å². The maximum Gasteiger partial charge on any atom is 0.222 e. The summed E-state index contributed by atoms with van der Waals surface area (Å²) in [5.74, 6) is -0.395. The lowest BCUT2D eigenvalue weighted by atomic mass is 10.3. The van der Waals surface area contributed by atoms with Gasteiger partial charge in [-0.1, -0.05) is 0 Å². The molecule has 0 aromatic carbocycles. The fourth-order valence-electron chi connectivity index (χ4n) is 1.32. The zero-order chi connectivity index (χ0) is 12.4. The minimum atomic E-state index is -0.528. The summed E-state index contributed by atoms with van der Waals surface area (Å²) in [6.07, 6.45) is 1.05. The largest absolute Gasteiger partial charge is 0.368 e. The lowest BCUT2D eigenvalue weighted by molar-refractivity contribution is 0.614. The molecule has 0 fully saturated rings. The molecule has 0 spiro atoms. The van der Waals surface area contributed by atoms with Gasteiger partial charge in [0.15, 0.2) is 11.6 Å². The number of nitrogen functional groups attached to an aromatic ring is 1. The predicted molar refractivity (Wildman–Crippen MR) is 65.3 cm³/mol. The lowest BCUT2D eigenvalue weighted by Gasteiger charge is -2.12. The van der Waals surface area contributed by atoms with E-state index in [1.54, 1.807) is 0 Å².